The minimum Gasteiger partial charge on any atom is -0.355 e. The lowest BCUT2D eigenvalue weighted by molar-refractivity contribution is -0.129. The highest BCUT2D eigenvalue weighted by atomic mass is 16.2. The van der Waals surface area contributed by atoms with Crippen molar-refractivity contribution in [2.75, 3.05) is 26.2 Å². The fourth-order valence-electron chi connectivity index (χ4n) is 1.59. The summed E-state index contributed by atoms with van der Waals surface area (Å²) in [4.78, 5) is 45.5. The van der Waals surface area contributed by atoms with Gasteiger partial charge in [0.05, 0.1) is 13.1 Å². The predicted octanol–water partition coefficient (Wildman–Crippen LogP) is -1.97. The summed E-state index contributed by atoms with van der Waals surface area (Å²) in [5.41, 5.74) is 0. The van der Waals surface area contributed by atoms with Crippen LogP contribution in [0, 0.1) is 0 Å². The van der Waals surface area contributed by atoms with Gasteiger partial charge >= 0.3 is 0 Å². The number of amides is 4. The van der Waals surface area contributed by atoms with Crippen LogP contribution in [0.3, 0.4) is 0 Å². The molecule has 20 heavy (non-hydrogen) atoms. The smallest absolute Gasteiger partial charge is 0.239 e. The molecule has 112 valence electrons. The molecule has 4 N–H and O–H groups in total. The molecule has 0 aromatic heterocycles. The summed E-state index contributed by atoms with van der Waals surface area (Å²) in [6, 6.07) is 0. The van der Waals surface area contributed by atoms with Crippen molar-refractivity contribution >= 4 is 23.6 Å². The molecule has 8 heteroatoms. The van der Waals surface area contributed by atoms with Crippen LogP contribution in [0.15, 0.2) is 0 Å². The van der Waals surface area contributed by atoms with Crippen molar-refractivity contribution in [1.29, 1.82) is 0 Å². The van der Waals surface area contributed by atoms with Crippen molar-refractivity contribution in [2.24, 2.45) is 0 Å². The zero-order valence-electron chi connectivity index (χ0n) is 11.3. The van der Waals surface area contributed by atoms with Crippen molar-refractivity contribution in [3.8, 4) is 0 Å². The lowest BCUT2D eigenvalue weighted by atomic mass is 10.2. The Balaban J connectivity index is 2.43. The Morgan fingerprint density at radius 2 is 0.950 bits per heavy atom. The van der Waals surface area contributed by atoms with Crippen LogP contribution in [-0.2, 0) is 19.2 Å². The molecule has 0 aliphatic carbocycles. The van der Waals surface area contributed by atoms with Gasteiger partial charge in [0.25, 0.3) is 0 Å². The topological polar surface area (TPSA) is 116 Å². The van der Waals surface area contributed by atoms with E-state index in [-0.39, 0.29) is 49.6 Å². The molecule has 1 heterocycles. The van der Waals surface area contributed by atoms with E-state index >= 15 is 0 Å². The van der Waals surface area contributed by atoms with Crippen LogP contribution < -0.4 is 21.3 Å². The average molecular weight is 284 g/mol. The van der Waals surface area contributed by atoms with Crippen LogP contribution in [0.4, 0.5) is 0 Å². The van der Waals surface area contributed by atoms with E-state index in [0.29, 0.717) is 13.1 Å². The summed E-state index contributed by atoms with van der Waals surface area (Å²) in [7, 11) is 0. The van der Waals surface area contributed by atoms with Gasteiger partial charge in [-0.3, -0.25) is 19.2 Å². The number of hydrogen-bond donors (Lipinski definition) is 4. The number of hydrogen-bond acceptors (Lipinski definition) is 4. The zero-order valence-corrected chi connectivity index (χ0v) is 11.3. The highest BCUT2D eigenvalue weighted by Crippen LogP contribution is 1.90. The zero-order chi connectivity index (χ0) is 14.8. The van der Waals surface area contributed by atoms with Crippen molar-refractivity contribution in [1.82, 2.24) is 21.3 Å². The summed E-state index contributed by atoms with van der Waals surface area (Å²) in [5, 5.41) is 10.2. The van der Waals surface area contributed by atoms with E-state index in [0.717, 1.165) is 12.8 Å². The molecule has 1 rings (SSSR count). The van der Waals surface area contributed by atoms with Gasteiger partial charge in [-0.2, -0.15) is 0 Å². The van der Waals surface area contributed by atoms with Crippen molar-refractivity contribution in [3.05, 3.63) is 0 Å². The van der Waals surface area contributed by atoms with Crippen molar-refractivity contribution < 1.29 is 19.2 Å². The van der Waals surface area contributed by atoms with Crippen LogP contribution in [0.1, 0.15) is 25.7 Å². The van der Waals surface area contributed by atoms with Crippen molar-refractivity contribution in [2.45, 2.75) is 25.7 Å². The molecule has 0 bridgehead atoms. The second kappa shape index (κ2) is 8.89. The molecule has 8 nitrogen and oxygen atoms in total. The van der Waals surface area contributed by atoms with Gasteiger partial charge in [0.15, 0.2) is 0 Å². The largest absolute Gasteiger partial charge is 0.355 e. The van der Waals surface area contributed by atoms with Gasteiger partial charge in [-0.1, -0.05) is 0 Å². The van der Waals surface area contributed by atoms with E-state index in [1.165, 1.54) is 0 Å². The molecule has 0 unspecified atom stereocenters. The Morgan fingerprint density at radius 3 is 1.35 bits per heavy atom. The maximum absolute atomic E-state index is 11.4. The Morgan fingerprint density at radius 1 is 0.550 bits per heavy atom. The molecule has 0 aromatic carbocycles. The second-order valence-corrected chi connectivity index (χ2v) is 4.46. The monoisotopic (exact) mass is 284 g/mol. The summed E-state index contributed by atoms with van der Waals surface area (Å²) in [6.45, 7) is 0.830. The third-order valence-electron chi connectivity index (χ3n) is 2.72. The van der Waals surface area contributed by atoms with Gasteiger partial charge in [0.2, 0.25) is 23.6 Å². The summed E-state index contributed by atoms with van der Waals surface area (Å²) < 4.78 is 0. The van der Waals surface area contributed by atoms with E-state index in [9.17, 15) is 19.2 Å². The molecule has 1 saturated heterocycles. The van der Waals surface area contributed by atoms with Crippen LogP contribution in [0.25, 0.3) is 0 Å². The fourth-order valence-corrected chi connectivity index (χ4v) is 1.59. The molecule has 4 amide bonds. The highest BCUT2D eigenvalue weighted by Gasteiger charge is 2.10. The first-order valence-corrected chi connectivity index (χ1v) is 6.64. The third-order valence-corrected chi connectivity index (χ3v) is 2.72. The molecular formula is C12H20N4O4. The van der Waals surface area contributed by atoms with Gasteiger partial charge in [-0.25, -0.2) is 0 Å². The molecule has 0 spiro atoms. The van der Waals surface area contributed by atoms with E-state index in [1.807, 2.05) is 0 Å². The normalized spacial score (nSPS) is 20.4. The second-order valence-electron chi connectivity index (χ2n) is 4.46. The fraction of sp³-hybridized carbons (Fsp3) is 0.667. The van der Waals surface area contributed by atoms with Crippen LogP contribution in [-0.4, -0.2) is 49.8 Å². The quantitative estimate of drug-likeness (QED) is 0.412. The van der Waals surface area contributed by atoms with Gasteiger partial charge in [-0.05, 0) is 12.8 Å². The predicted molar refractivity (Wildman–Crippen MR) is 70.5 cm³/mol. The van der Waals surface area contributed by atoms with E-state index in [2.05, 4.69) is 21.3 Å². The van der Waals surface area contributed by atoms with E-state index in [1.54, 1.807) is 0 Å². The first kappa shape index (κ1) is 15.9. The lowest BCUT2D eigenvalue weighted by Crippen LogP contribution is -2.40. The molecule has 1 aliphatic rings. The highest BCUT2D eigenvalue weighted by molar-refractivity contribution is 5.88. The maximum Gasteiger partial charge on any atom is 0.239 e. The molecule has 1 fully saturated rings. The number of nitrogens with one attached hydrogen (secondary N) is 4. The number of carbonyl (C=O) groups excluding carboxylic acids is 4. The molecule has 0 atom stereocenters. The number of carbonyl (C=O) groups is 4. The lowest BCUT2D eigenvalue weighted by Gasteiger charge is -2.10. The molecule has 0 radical (unpaired) electrons. The van der Waals surface area contributed by atoms with Crippen LogP contribution >= 0.6 is 0 Å². The summed E-state index contributed by atoms with van der Waals surface area (Å²) >= 11 is 0. The molecule has 0 aromatic rings. The molecule has 0 saturated carbocycles. The summed E-state index contributed by atoms with van der Waals surface area (Å²) in [6.07, 6.45) is 1.43. The molecular weight excluding hydrogens is 264 g/mol. The van der Waals surface area contributed by atoms with Gasteiger partial charge in [0, 0.05) is 25.9 Å². The van der Waals surface area contributed by atoms with Crippen molar-refractivity contribution in [3.63, 3.8) is 0 Å². The van der Waals surface area contributed by atoms with Gasteiger partial charge in [-0.15, -0.1) is 0 Å². The standard InChI is InChI=1S/C12H20N4O4/c17-9-3-4-10(18)16-8-12(20)14-6-2-1-5-13-11(19)7-15-9/h1-8H2,(H,13,19)(H,14,20)(H,15,17)(H,16,18). The van der Waals surface area contributed by atoms with E-state index < -0.39 is 0 Å². The minimum absolute atomic E-state index is 0.0132. The van der Waals surface area contributed by atoms with Gasteiger partial charge in [0.1, 0.15) is 0 Å². The number of rotatable bonds is 0. The molecule has 1 aliphatic heterocycles. The van der Waals surface area contributed by atoms with Gasteiger partial charge < -0.3 is 21.3 Å². The average Bonchev–Trinajstić information content (AvgIpc) is 2.43. The Hall–Kier alpha value is -2.12. The first-order valence-electron chi connectivity index (χ1n) is 6.64. The van der Waals surface area contributed by atoms with Crippen LogP contribution in [0.5, 0.6) is 0 Å². The SMILES string of the molecule is O=C1CCC(=O)NCC(=O)NCCCCNC(=O)CN1. The third kappa shape index (κ3) is 7.34. The van der Waals surface area contributed by atoms with Crippen LogP contribution in [0.2, 0.25) is 0 Å². The van der Waals surface area contributed by atoms with E-state index in [4.69, 9.17) is 0 Å². The maximum atomic E-state index is 11.4. The Labute approximate surface area is 117 Å². The Bertz CT molecular complexity index is 348. The summed E-state index contributed by atoms with van der Waals surface area (Å²) in [5.74, 6) is -1.27. The Kier molecular flexibility index (Phi) is 7.08. The first-order chi connectivity index (χ1) is 9.58. The minimum atomic E-state index is -0.369.